The molecule has 0 aromatic carbocycles. The van der Waals surface area contributed by atoms with Crippen molar-refractivity contribution in [2.45, 2.75) is 32.2 Å². The molecule has 3 N–H and O–H groups in total. The first kappa shape index (κ1) is 16.9. The van der Waals surface area contributed by atoms with Gasteiger partial charge in [-0.1, -0.05) is 6.07 Å². The Morgan fingerprint density at radius 2 is 2.24 bits per heavy atom. The van der Waals surface area contributed by atoms with E-state index >= 15 is 0 Å². The van der Waals surface area contributed by atoms with E-state index < -0.39 is 5.97 Å². The molecule has 0 aliphatic carbocycles. The van der Waals surface area contributed by atoms with Crippen LogP contribution >= 0.6 is 0 Å². The highest BCUT2D eigenvalue weighted by atomic mass is 16.4. The molecule has 3 heterocycles. The Hall–Kier alpha value is -2.90. The Labute approximate surface area is 145 Å². The van der Waals surface area contributed by atoms with Crippen molar-refractivity contribution < 1.29 is 14.7 Å². The van der Waals surface area contributed by atoms with E-state index in [1.54, 1.807) is 10.9 Å². The van der Waals surface area contributed by atoms with Crippen molar-refractivity contribution in [2.24, 2.45) is 0 Å². The summed E-state index contributed by atoms with van der Waals surface area (Å²) in [6.07, 6.45) is 5.97. The van der Waals surface area contributed by atoms with Gasteiger partial charge in [-0.15, -0.1) is 0 Å². The molecule has 8 heteroatoms. The Bertz CT molecular complexity index is 771. The molecule has 1 aliphatic heterocycles. The lowest BCUT2D eigenvalue weighted by atomic mass is 10.1. The van der Waals surface area contributed by atoms with Crippen LogP contribution < -0.4 is 10.6 Å². The average molecular weight is 343 g/mol. The molecule has 0 bridgehead atoms. The van der Waals surface area contributed by atoms with Crippen molar-refractivity contribution >= 4 is 17.7 Å². The third kappa shape index (κ3) is 4.56. The van der Waals surface area contributed by atoms with E-state index in [9.17, 15) is 9.59 Å². The first-order valence-corrected chi connectivity index (χ1v) is 8.37. The van der Waals surface area contributed by atoms with Crippen molar-refractivity contribution in [1.29, 1.82) is 0 Å². The highest BCUT2D eigenvalue weighted by Gasteiger charge is 2.11. The Kier molecular flexibility index (Phi) is 5.27. The number of pyridine rings is 1. The smallest absolute Gasteiger partial charge is 0.305 e. The van der Waals surface area contributed by atoms with Gasteiger partial charge in [-0.25, -0.2) is 4.98 Å². The minimum atomic E-state index is -0.942. The maximum Gasteiger partial charge on any atom is 0.305 e. The zero-order chi connectivity index (χ0) is 17.6. The van der Waals surface area contributed by atoms with Gasteiger partial charge in [-0.05, 0) is 24.5 Å². The van der Waals surface area contributed by atoms with E-state index in [-0.39, 0.29) is 18.9 Å². The molecule has 0 atom stereocenters. The standard InChI is InChI=1S/C17H21N5O3/c23-15(24)5-8-19-17(25)13-10-20-22(11-13)9-6-14-4-3-12-2-1-7-18-16(12)21-14/h3-4,10-11H,1-2,5-9H2,(H,18,21)(H,19,25)(H,23,24). The Balaban J connectivity index is 1.53. The SMILES string of the molecule is O=C(O)CCNC(=O)c1cnn(CCc2ccc3c(n2)NCCC3)c1. The van der Waals surface area contributed by atoms with Gasteiger partial charge in [0.1, 0.15) is 5.82 Å². The number of nitrogens with zero attached hydrogens (tertiary/aromatic N) is 3. The minimum absolute atomic E-state index is 0.0993. The normalized spacial score (nSPS) is 13.0. The van der Waals surface area contributed by atoms with Gasteiger partial charge in [0.2, 0.25) is 0 Å². The molecule has 0 spiro atoms. The van der Waals surface area contributed by atoms with Gasteiger partial charge in [0.05, 0.1) is 18.2 Å². The van der Waals surface area contributed by atoms with Crippen molar-refractivity contribution in [3.05, 3.63) is 41.3 Å². The number of aliphatic carboxylic acids is 1. The zero-order valence-electron chi connectivity index (χ0n) is 13.9. The molecule has 1 aliphatic rings. The van der Waals surface area contributed by atoms with Crippen molar-refractivity contribution in [3.63, 3.8) is 0 Å². The molecule has 1 amide bonds. The summed E-state index contributed by atoms with van der Waals surface area (Å²) in [4.78, 5) is 27.0. The van der Waals surface area contributed by atoms with Crippen LogP contribution in [0.3, 0.4) is 0 Å². The first-order valence-electron chi connectivity index (χ1n) is 8.37. The number of aryl methyl sites for hydroxylation is 3. The summed E-state index contributed by atoms with van der Waals surface area (Å²) in [5.41, 5.74) is 2.66. The second kappa shape index (κ2) is 7.78. The van der Waals surface area contributed by atoms with E-state index in [0.717, 1.165) is 37.3 Å². The average Bonchev–Trinajstić information content (AvgIpc) is 3.08. The molecule has 0 saturated heterocycles. The number of carboxylic acid groups (broad SMARTS) is 1. The number of rotatable bonds is 7. The molecule has 0 unspecified atom stereocenters. The van der Waals surface area contributed by atoms with E-state index in [2.05, 4.69) is 26.8 Å². The number of carbonyl (C=O) groups is 2. The molecule has 25 heavy (non-hydrogen) atoms. The lowest BCUT2D eigenvalue weighted by Gasteiger charge is -2.17. The Morgan fingerprint density at radius 3 is 3.08 bits per heavy atom. The number of carbonyl (C=O) groups excluding carboxylic acids is 1. The summed E-state index contributed by atoms with van der Waals surface area (Å²) < 4.78 is 1.70. The van der Waals surface area contributed by atoms with Gasteiger partial charge in [-0.2, -0.15) is 5.10 Å². The molecule has 2 aromatic rings. The van der Waals surface area contributed by atoms with E-state index in [1.807, 2.05) is 6.07 Å². The molecule has 3 rings (SSSR count). The predicted octanol–water partition coefficient (Wildman–Crippen LogP) is 1.08. The van der Waals surface area contributed by atoms with Crippen molar-refractivity contribution in [1.82, 2.24) is 20.1 Å². The molecule has 8 nitrogen and oxygen atoms in total. The fourth-order valence-corrected chi connectivity index (χ4v) is 2.73. The molecule has 132 valence electrons. The number of fused-ring (bicyclic) bond motifs is 1. The van der Waals surface area contributed by atoms with Crippen LogP contribution in [0.15, 0.2) is 24.5 Å². The summed E-state index contributed by atoms with van der Waals surface area (Å²) in [5, 5.41) is 18.6. The molecule has 0 saturated carbocycles. The number of nitrogens with one attached hydrogen (secondary N) is 2. The second-order valence-electron chi connectivity index (χ2n) is 5.98. The van der Waals surface area contributed by atoms with Crippen LogP contribution in [0.5, 0.6) is 0 Å². The highest BCUT2D eigenvalue weighted by molar-refractivity contribution is 5.93. The third-order valence-electron chi connectivity index (χ3n) is 4.07. The van der Waals surface area contributed by atoms with Crippen LogP contribution in [-0.2, 0) is 24.2 Å². The molecule has 0 radical (unpaired) electrons. The zero-order valence-corrected chi connectivity index (χ0v) is 13.9. The van der Waals surface area contributed by atoms with Gasteiger partial charge in [0.25, 0.3) is 5.91 Å². The predicted molar refractivity (Wildman–Crippen MR) is 91.6 cm³/mol. The van der Waals surface area contributed by atoms with Gasteiger partial charge in [0, 0.05) is 37.9 Å². The van der Waals surface area contributed by atoms with Crippen LogP contribution in [-0.4, -0.2) is 44.8 Å². The minimum Gasteiger partial charge on any atom is -0.481 e. The molecular weight excluding hydrogens is 322 g/mol. The largest absolute Gasteiger partial charge is 0.481 e. The first-order chi connectivity index (χ1) is 12.1. The van der Waals surface area contributed by atoms with Gasteiger partial charge in [0.15, 0.2) is 0 Å². The number of hydrogen-bond acceptors (Lipinski definition) is 5. The van der Waals surface area contributed by atoms with Crippen LogP contribution in [0.4, 0.5) is 5.82 Å². The van der Waals surface area contributed by atoms with Crippen LogP contribution in [0.1, 0.15) is 34.5 Å². The third-order valence-corrected chi connectivity index (χ3v) is 4.07. The van der Waals surface area contributed by atoms with Gasteiger partial charge >= 0.3 is 5.97 Å². The lowest BCUT2D eigenvalue weighted by Crippen LogP contribution is -2.25. The molecule has 2 aromatic heterocycles. The summed E-state index contributed by atoms with van der Waals surface area (Å²) in [7, 11) is 0. The van der Waals surface area contributed by atoms with Crippen molar-refractivity contribution in [3.8, 4) is 0 Å². The van der Waals surface area contributed by atoms with E-state index in [0.29, 0.717) is 12.1 Å². The number of aromatic nitrogens is 3. The van der Waals surface area contributed by atoms with Gasteiger partial charge < -0.3 is 15.7 Å². The molecular formula is C17H21N5O3. The maximum atomic E-state index is 11.9. The van der Waals surface area contributed by atoms with Gasteiger partial charge in [-0.3, -0.25) is 14.3 Å². The van der Waals surface area contributed by atoms with Crippen LogP contribution in [0.25, 0.3) is 0 Å². The summed E-state index contributed by atoms with van der Waals surface area (Å²) in [5.74, 6) is -0.283. The van der Waals surface area contributed by atoms with Crippen molar-refractivity contribution in [2.75, 3.05) is 18.4 Å². The maximum absolute atomic E-state index is 11.9. The quantitative estimate of drug-likeness (QED) is 0.694. The molecule has 0 fully saturated rings. The van der Waals surface area contributed by atoms with E-state index in [4.69, 9.17) is 5.11 Å². The fraction of sp³-hybridized carbons (Fsp3) is 0.412. The Morgan fingerprint density at radius 1 is 1.36 bits per heavy atom. The second-order valence-corrected chi connectivity index (χ2v) is 5.98. The summed E-state index contributed by atoms with van der Waals surface area (Å²) >= 11 is 0. The number of hydrogen-bond donors (Lipinski definition) is 3. The van der Waals surface area contributed by atoms with Crippen LogP contribution in [0.2, 0.25) is 0 Å². The number of anilines is 1. The lowest BCUT2D eigenvalue weighted by molar-refractivity contribution is -0.136. The van der Waals surface area contributed by atoms with E-state index in [1.165, 1.54) is 11.8 Å². The topological polar surface area (TPSA) is 109 Å². The fourth-order valence-electron chi connectivity index (χ4n) is 2.73. The summed E-state index contributed by atoms with van der Waals surface area (Å²) in [6.45, 7) is 1.68. The monoisotopic (exact) mass is 343 g/mol. The number of amides is 1. The van der Waals surface area contributed by atoms with Crippen LogP contribution in [0, 0.1) is 0 Å². The number of carboxylic acids is 1. The highest BCUT2D eigenvalue weighted by Crippen LogP contribution is 2.19. The summed E-state index contributed by atoms with van der Waals surface area (Å²) in [6, 6.07) is 4.16.